The van der Waals surface area contributed by atoms with Crippen LogP contribution in [0.25, 0.3) is 21.5 Å². The summed E-state index contributed by atoms with van der Waals surface area (Å²) in [6.45, 7) is 0. The van der Waals surface area contributed by atoms with Crippen molar-refractivity contribution in [3.05, 3.63) is 54.6 Å². The smallest absolute Gasteiger partial charge is 0.0479 e. The predicted octanol–water partition coefficient (Wildman–Crippen LogP) is 3.38. The fourth-order valence-electron chi connectivity index (χ4n) is 1.97. The summed E-state index contributed by atoms with van der Waals surface area (Å²) >= 11 is 0. The number of rotatable bonds is 0. The fraction of sp³-hybridized carbons (Fsp3) is 0. The molecule has 0 amide bonds. The lowest BCUT2D eigenvalue weighted by molar-refractivity contribution is 1.74. The summed E-state index contributed by atoms with van der Waals surface area (Å²) in [6.07, 6.45) is 0. The first-order valence-electron chi connectivity index (χ1n) is 4.94. The van der Waals surface area contributed by atoms with Crippen LogP contribution >= 0.6 is 0 Å². The Labute approximate surface area is 88.1 Å². The van der Waals surface area contributed by atoms with Gasteiger partial charge in [-0.3, -0.25) is 0 Å². The molecule has 0 aliphatic rings. The van der Waals surface area contributed by atoms with E-state index >= 15 is 0 Å². The SMILES string of the molecule is Nc1c2[c]cccc2cc2ccccc12. The molecule has 0 saturated heterocycles. The molecule has 0 aromatic heterocycles. The van der Waals surface area contributed by atoms with E-state index in [-0.39, 0.29) is 0 Å². The Morgan fingerprint density at radius 2 is 1.73 bits per heavy atom. The van der Waals surface area contributed by atoms with Gasteiger partial charge in [0.1, 0.15) is 0 Å². The number of benzene rings is 3. The summed E-state index contributed by atoms with van der Waals surface area (Å²) in [6, 6.07) is 19.4. The van der Waals surface area contributed by atoms with Gasteiger partial charge in [0.25, 0.3) is 0 Å². The zero-order chi connectivity index (χ0) is 10.3. The second-order valence-electron chi connectivity index (χ2n) is 3.65. The summed E-state index contributed by atoms with van der Waals surface area (Å²) in [7, 11) is 0. The normalized spacial score (nSPS) is 10.9. The van der Waals surface area contributed by atoms with Crippen LogP contribution < -0.4 is 5.73 Å². The average molecular weight is 192 g/mol. The Bertz CT molecular complexity index is 587. The molecule has 0 unspecified atom stereocenters. The maximum absolute atomic E-state index is 6.12. The van der Waals surface area contributed by atoms with Crippen LogP contribution in [0.5, 0.6) is 0 Å². The van der Waals surface area contributed by atoms with Crippen molar-refractivity contribution >= 4 is 27.2 Å². The van der Waals surface area contributed by atoms with Crippen LogP contribution in [0.4, 0.5) is 5.69 Å². The molecule has 3 rings (SSSR count). The van der Waals surface area contributed by atoms with E-state index in [1.54, 1.807) is 0 Å². The third kappa shape index (κ3) is 1.17. The number of nitrogens with two attached hydrogens (primary N) is 1. The lowest BCUT2D eigenvalue weighted by Gasteiger charge is -2.06. The van der Waals surface area contributed by atoms with Crippen molar-refractivity contribution < 1.29 is 0 Å². The van der Waals surface area contributed by atoms with Gasteiger partial charge in [0.05, 0.1) is 0 Å². The molecule has 0 fully saturated rings. The van der Waals surface area contributed by atoms with Crippen LogP contribution in [-0.4, -0.2) is 0 Å². The summed E-state index contributed by atoms with van der Waals surface area (Å²) in [5.41, 5.74) is 6.95. The monoisotopic (exact) mass is 192 g/mol. The molecule has 71 valence electrons. The Morgan fingerprint density at radius 3 is 2.67 bits per heavy atom. The molecular formula is C14H10N. The van der Waals surface area contributed by atoms with Gasteiger partial charge < -0.3 is 5.73 Å². The Hall–Kier alpha value is -2.02. The molecule has 2 N–H and O–H groups in total. The summed E-state index contributed by atoms with van der Waals surface area (Å²) < 4.78 is 0. The Kier molecular flexibility index (Phi) is 1.65. The largest absolute Gasteiger partial charge is 0.398 e. The van der Waals surface area contributed by atoms with Crippen molar-refractivity contribution in [2.24, 2.45) is 0 Å². The van der Waals surface area contributed by atoms with E-state index < -0.39 is 0 Å². The molecule has 15 heavy (non-hydrogen) atoms. The zero-order valence-electron chi connectivity index (χ0n) is 8.20. The van der Waals surface area contributed by atoms with Crippen LogP contribution in [0, 0.1) is 6.07 Å². The predicted molar refractivity (Wildman–Crippen MR) is 64.7 cm³/mol. The molecule has 3 aromatic rings. The number of fused-ring (bicyclic) bond motifs is 2. The number of hydrogen-bond acceptors (Lipinski definition) is 1. The summed E-state index contributed by atoms with van der Waals surface area (Å²) in [5, 5.41) is 4.44. The maximum Gasteiger partial charge on any atom is 0.0479 e. The first-order valence-corrected chi connectivity index (χ1v) is 4.94. The van der Waals surface area contributed by atoms with Crippen molar-refractivity contribution in [3.63, 3.8) is 0 Å². The van der Waals surface area contributed by atoms with Crippen LogP contribution in [0.15, 0.2) is 48.5 Å². The van der Waals surface area contributed by atoms with E-state index in [2.05, 4.69) is 24.3 Å². The van der Waals surface area contributed by atoms with Gasteiger partial charge >= 0.3 is 0 Å². The van der Waals surface area contributed by atoms with Crippen molar-refractivity contribution in [1.29, 1.82) is 0 Å². The second-order valence-corrected chi connectivity index (χ2v) is 3.65. The van der Waals surface area contributed by atoms with Gasteiger partial charge in [0.2, 0.25) is 0 Å². The van der Waals surface area contributed by atoms with Crippen molar-refractivity contribution in [3.8, 4) is 0 Å². The van der Waals surface area contributed by atoms with Gasteiger partial charge in [0, 0.05) is 16.5 Å². The van der Waals surface area contributed by atoms with Crippen LogP contribution in [-0.2, 0) is 0 Å². The van der Waals surface area contributed by atoms with Crippen LogP contribution in [0.2, 0.25) is 0 Å². The molecule has 0 spiro atoms. The van der Waals surface area contributed by atoms with E-state index in [0.29, 0.717) is 0 Å². The van der Waals surface area contributed by atoms with Gasteiger partial charge in [0.15, 0.2) is 0 Å². The lowest BCUT2D eigenvalue weighted by atomic mass is 10.0. The summed E-state index contributed by atoms with van der Waals surface area (Å²) in [5.74, 6) is 0. The summed E-state index contributed by atoms with van der Waals surface area (Å²) in [4.78, 5) is 0. The second kappa shape index (κ2) is 2.99. The first kappa shape index (κ1) is 8.30. The van der Waals surface area contributed by atoms with Gasteiger partial charge in [-0.1, -0.05) is 42.5 Å². The van der Waals surface area contributed by atoms with E-state index in [9.17, 15) is 0 Å². The maximum atomic E-state index is 6.12. The zero-order valence-corrected chi connectivity index (χ0v) is 8.20. The standard InChI is InChI=1S/C14H10N/c15-14-12-7-3-1-5-10(12)9-11-6-2-4-8-13(11)14/h1-7,9H,15H2. The highest BCUT2D eigenvalue weighted by molar-refractivity contribution is 6.09. The van der Waals surface area contributed by atoms with Crippen molar-refractivity contribution in [2.45, 2.75) is 0 Å². The van der Waals surface area contributed by atoms with Gasteiger partial charge in [-0.15, -0.1) is 0 Å². The third-order valence-corrected chi connectivity index (χ3v) is 2.72. The Balaban J connectivity index is 2.60. The molecule has 0 aliphatic carbocycles. The molecule has 1 radical (unpaired) electrons. The van der Waals surface area contributed by atoms with Crippen molar-refractivity contribution in [1.82, 2.24) is 0 Å². The molecule has 1 heteroatoms. The van der Waals surface area contributed by atoms with E-state index in [0.717, 1.165) is 21.8 Å². The third-order valence-electron chi connectivity index (χ3n) is 2.72. The minimum Gasteiger partial charge on any atom is -0.398 e. The highest BCUT2D eigenvalue weighted by Crippen LogP contribution is 2.29. The number of hydrogen-bond donors (Lipinski definition) is 1. The van der Waals surface area contributed by atoms with Crippen molar-refractivity contribution in [2.75, 3.05) is 5.73 Å². The first-order chi connectivity index (χ1) is 7.36. The fourth-order valence-corrected chi connectivity index (χ4v) is 1.97. The topological polar surface area (TPSA) is 26.0 Å². The highest BCUT2D eigenvalue weighted by Gasteiger charge is 2.02. The molecular weight excluding hydrogens is 182 g/mol. The molecule has 0 heterocycles. The molecule has 0 atom stereocenters. The molecule has 0 aliphatic heterocycles. The van der Waals surface area contributed by atoms with Gasteiger partial charge in [-0.05, 0) is 22.9 Å². The van der Waals surface area contributed by atoms with Gasteiger partial charge in [-0.2, -0.15) is 0 Å². The average Bonchev–Trinajstić information content (AvgIpc) is 2.30. The highest BCUT2D eigenvalue weighted by atomic mass is 14.6. The molecule has 0 saturated carbocycles. The van der Waals surface area contributed by atoms with E-state index in [1.807, 2.05) is 30.3 Å². The lowest BCUT2D eigenvalue weighted by Crippen LogP contribution is -1.89. The van der Waals surface area contributed by atoms with Crippen LogP contribution in [0.1, 0.15) is 0 Å². The molecule has 1 nitrogen and oxygen atoms in total. The minimum absolute atomic E-state index is 0.823. The van der Waals surface area contributed by atoms with Crippen LogP contribution in [0.3, 0.4) is 0 Å². The van der Waals surface area contributed by atoms with Gasteiger partial charge in [-0.25, -0.2) is 0 Å². The molecule has 3 aromatic carbocycles. The molecule has 0 bridgehead atoms. The number of anilines is 1. The minimum atomic E-state index is 0.823. The Morgan fingerprint density at radius 1 is 0.933 bits per heavy atom. The van der Waals surface area contributed by atoms with E-state index in [1.165, 1.54) is 5.39 Å². The van der Waals surface area contributed by atoms with E-state index in [4.69, 9.17) is 5.73 Å². The quantitative estimate of drug-likeness (QED) is 0.429. The number of nitrogen functional groups attached to an aromatic ring is 1.